The Morgan fingerprint density at radius 2 is 1.83 bits per heavy atom. The number of ether oxygens (including phenoxy) is 2. The molecule has 3 rings (SSSR count). The van der Waals surface area contributed by atoms with Crippen molar-refractivity contribution in [3.05, 3.63) is 40.4 Å². The summed E-state index contributed by atoms with van der Waals surface area (Å²) in [6, 6.07) is 1.08. The minimum Gasteiger partial charge on any atom is -0.493 e. The second-order valence-electron chi connectivity index (χ2n) is 5.03. The van der Waals surface area contributed by atoms with Gasteiger partial charge in [-0.25, -0.2) is 18.7 Å². The number of hydrogen-bond donors (Lipinski definition) is 0. The number of hydrogen-bond acceptors (Lipinski definition) is 5. The first kappa shape index (κ1) is 16.4. The van der Waals surface area contributed by atoms with E-state index in [4.69, 9.17) is 21.1 Å². The summed E-state index contributed by atoms with van der Waals surface area (Å²) in [5, 5.41) is 0.00964. The predicted molar refractivity (Wildman–Crippen MR) is 81.4 cm³/mol. The van der Waals surface area contributed by atoms with Crippen molar-refractivity contribution in [3.8, 4) is 11.5 Å². The van der Waals surface area contributed by atoms with Gasteiger partial charge in [0.2, 0.25) is 11.2 Å². The number of aromatic nitrogens is 2. The number of benzene rings is 1. The Hall–Kier alpha value is -2.48. The molecule has 0 bridgehead atoms. The fraction of sp³-hybridized carbons (Fsp3) is 0.267. The highest BCUT2D eigenvalue weighted by Gasteiger charge is 2.32. The van der Waals surface area contributed by atoms with Gasteiger partial charge in [-0.1, -0.05) is 0 Å². The third-order valence-corrected chi connectivity index (χ3v) is 3.88. The second kappa shape index (κ2) is 6.20. The molecule has 1 amide bonds. The maximum absolute atomic E-state index is 14.6. The van der Waals surface area contributed by atoms with Gasteiger partial charge in [-0.15, -0.1) is 0 Å². The Labute approximate surface area is 141 Å². The molecule has 0 radical (unpaired) electrons. The van der Waals surface area contributed by atoms with Crippen molar-refractivity contribution in [1.82, 2.24) is 9.97 Å². The van der Waals surface area contributed by atoms with Gasteiger partial charge < -0.3 is 14.4 Å². The van der Waals surface area contributed by atoms with Gasteiger partial charge in [0.15, 0.2) is 23.1 Å². The molecule has 0 N–H and O–H groups in total. The van der Waals surface area contributed by atoms with E-state index in [-0.39, 0.29) is 29.7 Å². The van der Waals surface area contributed by atoms with E-state index in [9.17, 15) is 13.6 Å². The molecule has 1 aliphatic heterocycles. The largest absolute Gasteiger partial charge is 0.493 e. The number of halogens is 3. The van der Waals surface area contributed by atoms with E-state index in [0.29, 0.717) is 11.3 Å². The van der Waals surface area contributed by atoms with Gasteiger partial charge in [0.05, 0.1) is 32.9 Å². The zero-order valence-electron chi connectivity index (χ0n) is 12.8. The molecule has 0 saturated heterocycles. The van der Waals surface area contributed by atoms with Crippen LogP contribution in [-0.4, -0.2) is 30.1 Å². The number of rotatable bonds is 3. The summed E-state index contributed by atoms with van der Waals surface area (Å²) in [6.07, 6.45) is 1.29. The standard InChI is InChI=1S/C15H12ClF2N3O3/c1-23-9-4-10(24-2)13(18)14(12(9)17)21-6-7-5-19-15(16)20-8(7)3-11(21)22/h4-5H,3,6H2,1-2H3. The molecule has 1 aliphatic rings. The average molecular weight is 356 g/mol. The van der Waals surface area contributed by atoms with Crippen molar-refractivity contribution >= 4 is 23.2 Å². The highest BCUT2D eigenvalue weighted by Crippen LogP contribution is 2.39. The van der Waals surface area contributed by atoms with Gasteiger partial charge in [-0.3, -0.25) is 4.79 Å². The van der Waals surface area contributed by atoms with Crippen molar-refractivity contribution in [2.45, 2.75) is 13.0 Å². The van der Waals surface area contributed by atoms with Crippen molar-refractivity contribution in [1.29, 1.82) is 0 Å². The predicted octanol–water partition coefficient (Wildman–Crippen LogP) is 2.51. The summed E-state index contributed by atoms with van der Waals surface area (Å²) in [7, 11) is 2.48. The monoisotopic (exact) mass is 355 g/mol. The zero-order valence-corrected chi connectivity index (χ0v) is 13.5. The van der Waals surface area contributed by atoms with Crippen molar-refractivity contribution in [2.75, 3.05) is 19.1 Å². The molecule has 0 unspecified atom stereocenters. The third kappa shape index (κ3) is 2.62. The summed E-state index contributed by atoms with van der Waals surface area (Å²) in [4.78, 5) is 21.2. The highest BCUT2D eigenvalue weighted by molar-refractivity contribution is 6.28. The Balaban J connectivity index is 2.12. The van der Waals surface area contributed by atoms with Crippen molar-refractivity contribution in [2.24, 2.45) is 0 Å². The van der Waals surface area contributed by atoms with Crippen LogP contribution < -0.4 is 14.4 Å². The van der Waals surface area contributed by atoms with Crippen LogP contribution in [0.5, 0.6) is 11.5 Å². The molecule has 6 nitrogen and oxygen atoms in total. The quantitative estimate of drug-likeness (QED) is 0.792. The first-order valence-corrected chi connectivity index (χ1v) is 7.24. The molecule has 1 aromatic heterocycles. The Morgan fingerprint density at radius 1 is 1.21 bits per heavy atom. The molecule has 0 fully saturated rings. The normalized spacial score (nSPS) is 13.7. The molecule has 24 heavy (non-hydrogen) atoms. The van der Waals surface area contributed by atoms with Crippen LogP contribution in [0.15, 0.2) is 12.3 Å². The molecule has 0 spiro atoms. The molecule has 1 aromatic carbocycles. The number of fused-ring (bicyclic) bond motifs is 1. The number of nitrogens with zero attached hydrogens (tertiary/aromatic N) is 3. The molecular weight excluding hydrogens is 344 g/mol. The van der Waals surface area contributed by atoms with Crippen LogP contribution in [0.2, 0.25) is 5.28 Å². The van der Waals surface area contributed by atoms with Crippen LogP contribution in [-0.2, 0) is 17.8 Å². The van der Waals surface area contributed by atoms with Crippen LogP contribution in [0.4, 0.5) is 14.5 Å². The Bertz CT molecular complexity index is 804. The summed E-state index contributed by atoms with van der Waals surface area (Å²) in [5.41, 5.74) is 0.461. The molecule has 0 aliphatic carbocycles. The molecule has 0 atom stereocenters. The maximum atomic E-state index is 14.6. The van der Waals surface area contributed by atoms with E-state index in [0.717, 1.165) is 11.0 Å². The summed E-state index contributed by atoms with van der Waals surface area (Å²) in [5.74, 6) is -2.95. The minimum absolute atomic E-state index is 0.00964. The van der Waals surface area contributed by atoms with E-state index < -0.39 is 23.2 Å². The number of amides is 1. The lowest BCUT2D eigenvalue weighted by Crippen LogP contribution is -2.38. The number of carbonyl (C=O) groups is 1. The SMILES string of the molecule is COc1cc(OC)c(F)c(N2Cc3cnc(Cl)nc3CC2=O)c1F. The lowest BCUT2D eigenvalue weighted by molar-refractivity contribution is -0.118. The molecular formula is C15H12ClF2N3O3. The molecule has 0 saturated carbocycles. The second-order valence-corrected chi connectivity index (χ2v) is 5.36. The highest BCUT2D eigenvalue weighted by atomic mass is 35.5. The average Bonchev–Trinajstić information content (AvgIpc) is 2.55. The summed E-state index contributed by atoms with van der Waals surface area (Å²) < 4.78 is 38.9. The smallest absolute Gasteiger partial charge is 0.233 e. The van der Waals surface area contributed by atoms with E-state index in [1.54, 1.807) is 0 Å². The zero-order chi connectivity index (χ0) is 17.4. The fourth-order valence-corrected chi connectivity index (χ4v) is 2.66. The summed E-state index contributed by atoms with van der Waals surface area (Å²) >= 11 is 5.71. The van der Waals surface area contributed by atoms with Gasteiger partial charge >= 0.3 is 0 Å². The topological polar surface area (TPSA) is 64.6 Å². The third-order valence-electron chi connectivity index (χ3n) is 3.69. The molecule has 126 valence electrons. The Morgan fingerprint density at radius 3 is 2.42 bits per heavy atom. The number of carbonyl (C=O) groups excluding carboxylic acids is 1. The number of anilines is 1. The first-order valence-electron chi connectivity index (χ1n) is 6.86. The van der Waals surface area contributed by atoms with E-state index in [1.165, 1.54) is 20.4 Å². The molecule has 9 heteroatoms. The lowest BCUT2D eigenvalue weighted by Gasteiger charge is -2.29. The maximum Gasteiger partial charge on any atom is 0.233 e. The van der Waals surface area contributed by atoms with Crippen molar-refractivity contribution < 1.29 is 23.0 Å². The van der Waals surface area contributed by atoms with Crippen LogP contribution in [0, 0.1) is 11.6 Å². The Kier molecular flexibility index (Phi) is 4.23. The van der Waals surface area contributed by atoms with Gasteiger partial charge in [-0.2, -0.15) is 0 Å². The summed E-state index contributed by atoms with van der Waals surface area (Å²) in [6.45, 7) is -0.0878. The van der Waals surface area contributed by atoms with Crippen LogP contribution >= 0.6 is 11.6 Å². The first-order chi connectivity index (χ1) is 11.5. The van der Waals surface area contributed by atoms with Gasteiger partial charge in [0.1, 0.15) is 5.69 Å². The van der Waals surface area contributed by atoms with E-state index >= 15 is 0 Å². The van der Waals surface area contributed by atoms with Gasteiger partial charge in [0.25, 0.3) is 0 Å². The van der Waals surface area contributed by atoms with E-state index in [1.807, 2.05) is 0 Å². The van der Waals surface area contributed by atoms with E-state index in [2.05, 4.69) is 9.97 Å². The van der Waals surface area contributed by atoms with Crippen LogP contribution in [0.25, 0.3) is 0 Å². The lowest BCUT2D eigenvalue weighted by atomic mass is 10.1. The van der Waals surface area contributed by atoms with Crippen molar-refractivity contribution in [3.63, 3.8) is 0 Å². The molecule has 2 aromatic rings. The minimum atomic E-state index is -0.984. The van der Waals surface area contributed by atoms with Crippen LogP contribution in [0.1, 0.15) is 11.3 Å². The fourth-order valence-electron chi connectivity index (χ4n) is 2.51. The van der Waals surface area contributed by atoms with Crippen LogP contribution in [0.3, 0.4) is 0 Å². The number of methoxy groups -OCH3 is 2. The molecule has 2 heterocycles. The van der Waals surface area contributed by atoms with Gasteiger partial charge in [0, 0.05) is 17.8 Å². The van der Waals surface area contributed by atoms with Gasteiger partial charge in [-0.05, 0) is 11.6 Å².